The molecule has 0 saturated carbocycles. The van der Waals surface area contributed by atoms with Crippen molar-refractivity contribution in [3.63, 3.8) is 0 Å². The number of rotatable bonds is 0. The molecular formula is C11H15NS. The average molecular weight is 193 g/mol. The summed E-state index contributed by atoms with van der Waals surface area (Å²) in [6.07, 6.45) is 7.08. The summed E-state index contributed by atoms with van der Waals surface area (Å²) in [6.45, 7) is 7.33. The van der Waals surface area contributed by atoms with Crippen molar-refractivity contribution < 1.29 is 0 Å². The fraction of sp³-hybridized carbons (Fsp3) is 0.455. The molecule has 2 aliphatic heterocycles. The molecule has 0 bridgehead atoms. The largest absolute Gasteiger partial charge is 0.343 e. The number of fused-ring (bicyclic) bond motifs is 1. The molecule has 1 saturated heterocycles. The second-order valence-electron chi connectivity index (χ2n) is 3.57. The van der Waals surface area contributed by atoms with Gasteiger partial charge in [-0.3, -0.25) is 0 Å². The normalized spacial score (nSPS) is 23.2. The van der Waals surface area contributed by atoms with Gasteiger partial charge < -0.3 is 4.90 Å². The molecule has 0 aromatic heterocycles. The molecule has 2 heteroatoms. The molecule has 1 fully saturated rings. The van der Waals surface area contributed by atoms with Gasteiger partial charge in [0.2, 0.25) is 0 Å². The Hall–Kier alpha value is -0.630. The van der Waals surface area contributed by atoms with Crippen molar-refractivity contribution in [2.24, 2.45) is 0 Å². The first-order chi connectivity index (χ1) is 6.27. The minimum absolute atomic E-state index is 1.17. The molecule has 0 amide bonds. The Morgan fingerprint density at radius 2 is 2.31 bits per heavy atom. The molecule has 13 heavy (non-hydrogen) atoms. The van der Waals surface area contributed by atoms with Crippen LogP contribution >= 0.6 is 11.8 Å². The molecule has 0 spiro atoms. The van der Waals surface area contributed by atoms with Gasteiger partial charge in [0.25, 0.3) is 0 Å². The second-order valence-corrected chi connectivity index (χ2v) is 4.68. The van der Waals surface area contributed by atoms with Crippen LogP contribution in [0.4, 0.5) is 0 Å². The highest BCUT2D eigenvalue weighted by atomic mass is 32.2. The van der Waals surface area contributed by atoms with Crippen LogP contribution in [-0.4, -0.2) is 17.2 Å². The van der Waals surface area contributed by atoms with Gasteiger partial charge in [-0.2, -0.15) is 0 Å². The second kappa shape index (κ2) is 3.62. The van der Waals surface area contributed by atoms with E-state index < -0.39 is 0 Å². The highest BCUT2D eigenvalue weighted by molar-refractivity contribution is 8.03. The average Bonchev–Trinajstić information content (AvgIpc) is 2.31. The van der Waals surface area contributed by atoms with E-state index in [4.69, 9.17) is 0 Å². The molecule has 2 aliphatic rings. The van der Waals surface area contributed by atoms with Gasteiger partial charge in [-0.05, 0) is 42.7 Å². The number of nitrogens with zero attached hydrogens (tertiary/aromatic N) is 1. The Bertz CT molecular complexity index is 288. The van der Waals surface area contributed by atoms with Gasteiger partial charge in [-0.15, -0.1) is 11.8 Å². The third-order valence-corrected chi connectivity index (χ3v) is 3.62. The Morgan fingerprint density at radius 3 is 3.15 bits per heavy atom. The van der Waals surface area contributed by atoms with Crippen LogP contribution in [0.2, 0.25) is 0 Å². The third kappa shape index (κ3) is 1.83. The Kier molecular flexibility index (Phi) is 2.49. The predicted octanol–water partition coefficient (Wildman–Crippen LogP) is 3.13. The van der Waals surface area contributed by atoms with E-state index >= 15 is 0 Å². The topological polar surface area (TPSA) is 3.24 Å². The Labute approximate surface area is 84.2 Å². The van der Waals surface area contributed by atoms with E-state index in [1.807, 2.05) is 11.8 Å². The Morgan fingerprint density at radius 1 is 1.46 bits per heavy atom. The van der Waals surface area contributed by atoms with Gasteiger partial charge in [-0.25, -0.2) is 0 Å². The van der Waals surface area contributed by atoms with Crippen LogP contribution in [-0.2, 0) is 0 Å². The van der Waals surface area contributed by atoms with E-state index in [2.05, 4.69) is 30.7 Å². The molecule has 0 aromatic rings. The Balaban J connectivity index is 2.24. The summed E-state index contributed by atoms with van der Waals surface area (Å²) in [5, 5.41) is 1.38. The summed E-state index contributed by atoms with van der Waals surface area (Å²) in [7, 11) is 0. The summed E-state index contributed by atoms with van der Waals surface area (Å²) < 4.78 is 0. The quantitative estimate of drug-likeness (QED) is 0.581. The van der Waals surface area contributed by atoms with Crippen molar-refractivity contribution in [3.8, 4) is 0 Å². The zero-order valence-corrected chi connectivity index (χ0v) is 8.86. The molecule has 70 valence electrons. The highest BCUT2D eigenvalue weighted by Gasteiger charge is 2.16. The maximum absolute atomic E-state index is 4.03. The van der Waals surface area contributed by atoms with Crippen LogP contribution < -0.4 is 0 Å². The van der Waals surface area contributed by atoms with Crippen LogP contribution in [0.25, 0.3) is 0 Å². The van der Waals surface area contributed by atoms with Crippen LogP contribution in [0.1, 0.15) is 19.8 Å². The van der Waals surface area contributed by atoms with E-state index in [1.54, 1.807) is 0 Å². The first-order valence-electron chi connectivity index (χ1n) is 4.76. The SMILES string of the molecule is C=C1C=C2SCCCCN2C=C1C. The molecule has 0 unspecified atom stereocenters. The first-order valence-corrected chi connectivity index (χ1v) is 5.75. The monoisotopic (exact) mass is 193 g/mol. The lowest BCUT2D eigenvalue weighted by molar-refractivity contribution is 0.476. The zero-order valence-electron chi connectivity index (χ0n) is 8.05. The van der Waals surface area contributed by atoms with Crippen molar-refractivity contribution in [3.05, 3.63) is 35.0 Å². The highest BCUT2D eigenvalue weighted by Crippen LogP contribution is 2.32. The predicted molar refractivity (Wildman–Crippen MR) is 59.4 cm³/mol. The van der Waals surface area contributed by atoms with Crippen LogP contribution in [0.5, 0.6) is 0 Å². The van der Waals surface area contributed by atoms with Gasteiger partial charge in [0.1, 0.15) is 0 Å². The van der Waals surface area contributed by atoms with E-state index in [9.17, 15) is 0 Å². The van der Waals surface area contributed by atoms with Crippen molar-refractivity contribution >= 4 is 11.8 Å². The molecule has 0 N–H and O–H groups in total. The lowest BCUT2D eigenvalue weighted by Gasteiger charge is -2.25. The van der Waals surface area contributed by atoms with Gasteiger partial charge in [-0.1, -0.05) is 6.58 Å². The van der Waals surface area contributed by atoms with Crippen LogP contribution in [0, 0.1) is 0 Å². The van der Waals surface area contributed by atoms with Crippen molar-refractivity contribution in [2.75, 3.05) is 12.3 Å². The number of hydrogen-bond acceptors (Lipinski definition) is 2. The number of allylic oxidation sites excluding steroid dienone is 3. The maximum atomic E-state index is 4.03. The molecule has 1 nitrogen and oxygen atoms in total. The summed E-state index contributed by atoms with van der Waals surface area (Å²) in [5.41, 5.74) is 2.46. The minimum atomic E-state index is 1.17. The van der Waals surface area contributed by atoms with Crippen molar-refractivity contribution in [2.45, 2.75) is 19.8 Å². The maximum Gasteiger partial charge on any atom is 0.0753 e. The zero-order chi connectivity index (χ0) is 9.26. The van der Waals surface area contributed by atoms with E-state index in [0.717, 1.165) is 0 Å². The first kappa shape index (κ1) is 8.95. The molecule has 2 heterocycles. The fourth-order valence-corrected chi connectivity index (χ4v) is 2.68. The molecule has 0 aliphatic carbocycles. The fourth-order valence-electron chi connectivity index (χ4n) is 1.59. The lowest BCUT2D eigenvalue weighted by Crippen LogP contribution is -2.18. The summed E-state index contributed by atoms with van der Waals surface area (Å²) in [4.78, 5) is 2.36. The van der Waals surface area contributed by atoms with Gasteiger partial charge in [0.15, 0.2) is 0 Å². The number of thioether (sulfide) groups is 1. The summed E-state index contributed by atoms with van der Waals surface area (Å²) in [5.74, 6) is 1.25. The lowest BCUT2D eigenvalue weighted by atomic mass is 10.1. The van der Waals surface area contributed by atoms with Crippen LogP contribution in [0.3, 0.4) is 0 Å². The third-order valence-electron chi connectivity index (χ3n) is 2.48. The standard InChI is InChI=1S/C11H15NS/c1-9-7-11-12(8-10(9)2)5-3-4-6-13-11/h7-8H,1,3-6H2,2H3. The molecule has 0 atom stereocenters. The van der Waals surface area contributed by atoms with Gasteiger partial charge in [0, 0.05) is 12.7 Å². The minimum Gasteiger partial charge on any atom is -0.343 e. The van der Waals surface area contributed by atoms with Crippen molar-refractivity contribution in [1.82, 2.24) is 4.90 Å². The molecular weight excluding hydrogens is 178 g/mol. The van der Waals surface area contributed by atoms with Crippen LogP contribution in [0.15, 0.2) is 35.0 Å². The molecule has 0 aromatic carbocycles. The van der Waals surface area contributed by atoms with E-state index in [1.165, 1.54) is 41.3 Å². The van der Waals surface area contributed by atoms with Crippen molar-refractivity contribution in [1.29, 1.82) is 0 Å². The molecule has 0 radical (unpaired) electrons. The summed E-state index contributed by atoms with van der Waals surface area (Å²) in [6, 6.07) is 0. The van der Waals surface area contributed by atoms with Gasteiger partial charge >= 0.3 is 0 Å². The van der Waals surface area contributed by atoms with E-state index in [-0.39, 0.29) is 0 Å². The summed E-state index contributed by atoms with van der Waals surface area (Å²) >= 11 is 1.96. The molecule has 2 rings (SSSR count). The number of hydrogen-bond donors (Lipinski definition) is 0. The van der Waals surface area contributed by atoms with E-state index in [0.29, 0.717) is 0 Å². The van der Waals surface area contributed by atoms with Gasteiger partial charge in [0.05, 0.1) is 5.03 Å². The smallest absolute Gasteiger partial charge is 0.0753 e.